The summed E-state index contributed by atoms with van der Waals surface area (Å²) in [5, 5.41) is 16.2. The van der Waals surface area contributed by atoms with Crippen molar-refractivity contribution in [1.29, 1.82) is 0 Å². The van der Waals surface area contributed by atoms with E-state index in [9.17, 15) is 9.59 Å². The van der Waals surface area contributed by atoms with E-state index in [1.807, 2.05) is 18.7 Å². The summed E-state index contributed by atoms with van der Waals surface area (Å²) < 4.78 is 7.88. The van der Waals surface area contributed by atoms with Crippen LogP contribution in [0.25, 0.3) is 0 Å². The van der Waals surface area contributed by atoms with Crippen LogP contribution in [-0.4, -0.2) is 57.9 Å². The molecule has 1 saturated heterocycles. The molecule has 1 aliphatic carbocycles. The number of ketones is 1. The van der Waals surface area contributed by atoms with Gasteiger partial charge >= 0.3 is 6.09 Å². The lowest BCUT2D eigenvalue weighted by Crippen LogP contribution is -2.39. The number of carbonyl (C=O) groups excluding carboxylic acids is 1. The number of nitrogens with one attached hydrogen (secondary N) is 1. The normalized spacial score (nSPS) is 22.4. The van der Waals surface area contributed by atoms with Gasteiger partial charge in [0.1, 0.15) is 12.0 Å². The maximum absolute atomic E-state index is 11.7. The number of aromatic nitrogens is 2. The van der Waals surface area contributed by atoms with Crippen LogP contribution < -0.4 is 5.32 Å². The van der Waals surface area contributed by atoms with E-state index in [1.54, 1.807) is 0 Å². The van der Waals surface area contributed by atoms with Crippen molar-refractivity contribution in [1.82, 2.24) is 20.0 Å². The van der Waals surface area contributed by atoms with E-state index < -0.39 is 6.09 Å². The van der Waals surface area contributed by atoms with Gasteiger partial charge in [0.15, 0.2) is 0 Å². The third-order valence-corrected chi connectivity index (χ3v) is 5.94. The smallest absolute Gasteiger partial charge is 0.404 e. The van der Waals surface area contributed by atoms with Crippen LogP contribution in [0, 0.1) is 0 Å². The van der Waals surface area contributed by atoms with Gasteiger partial charge in [-0.15, -0.1) is 0 Å². The molecule has 2 fully saturated rings. The molecule has 3 rings (SSSR count). The topological polar surface area (TPSA) is 96.7 Å². The Morgan fingerprint density at radius 2 is 2.14 bits per heavy atom. The Labute approximate surface area is 166 Å². The van der Waals surface area contributed by atoms with Crippen LogP contribution in [0.5, 0.6) is 0 Å². The van der Waals surface area contributed by atoms with Gasteiger partial charge in [0, 0.05) is 56.3 Å². The fourth-order valence-electron chi connectivity index (χ4n) is 4.02. The molecule has 2 N–H and O–H groups in total. The predicted molar refractivity (Wildman–Crippen MR) is 104 cm³/mol. The lowest BCUT2D eigenvalue weighted by atomic mass is 9.85. The molecule has 2 aliphatic rings. The maximum atomic E-state index is 11.7. The van der Waals surface area contributed by atoms with Crippen molar-refractivity contribution in [2.75, 3.05) is 20.2 Å². The summed E-state index contributed by atoms with van der Waals surface area (Å²) in [6.07, 6.45) is 7.26. The average Bonchev–Trinajstić information content (AvgIpc) is 3.11. The summed E-state index contributed by atoms with van der Waals surface area (Å²) in [6.45, 7) is 3.84. The summed E-state index contributed by atoms with van der Waals surface area (Å²) >= 11 is 0. The van der Waals surface area contributed by atoms with Crippen molar-refractivity contribution < 1.29 is 19.4 Å². The highest BCUT2D eigenvalue weighted by molar-refractivity contribution is 5.79. The first-order valence-electron chi connectivity index (χ1n) is 10.3. The number of hydrogen-bond acceptors (Lipinski definition) is 5. The maximum Gasteiger partial charge on any atom is 0.404 e. The second-order valence-corrected chi connectivity index (χ2v) is 8.10. The van der Waals surface area contributed by atoms with E-state index in [2.05, 4.69) is 16.4 Å². The largest absolute Gasteiger partial charge is 0.465 e. The van der Waals surface area contributed by atoms with E-state index in [4.69, 9.17) is 14.9 Å². The van der Waals surface area contributed by atoms with Crippen LogP contribution in [-0.2, 0) is 16.1 Å². The molecule has 2 unspecified atom stereocenters. The van der Waals surface area contributed by atoms with Gasteiger partial charge in [-0.25, -0.2) is 9.48 Å². The van der Waals surface area contributed by atoms with Crippen LogP contribution in [0.4, 0.5) is 4.79 Å². The zero-order valence-corrected chi connectivity index (χ0v) is 16.9. The third kappa shape index (κ3) is 5.32. The summed E-state index contributed by atoms with van der Waals surface area (Å²) in [5.74, 6) is 0.650. The van der Waals surface area contributed by atoms with Crippen LogP contribution in [0.3, 0.4) is 0 Å². The summed E-state index contributed by atoms with van der Waals surface area (Å²) in [5.41, 5.74) is 2.23. The predicted octanol–water partition coefficient (Wildman–Crippen LogP) is 2.90. The second kappa shape index (κ2) is 9.52. The minimum atomic E-state index is -1.00. The molecule has 2 atom stereocenters. The van der Waals surface area contributed by atoms with Crippen molar-refractivity contribution in [3.8, 4) is 0 Å². The standard InChI is InChI=1S/C20H32N4O4/c1-14(11-21-20(26)27)23(2)12-16-13-24(18-5-3-4-10-28-18)22-19(16)15-6-8-17(25)9-7-15/h13-15,18,21H,3-12H2,1-2H3,(H,26,27). The number of Topliss-reactive ketones (excluding diaryl/α,β-unsaturated/α-hetero) is 1. The van der Waals surface area contributed by atoms with E-state index >= 15 is 0 Å². The van der Waals surface area contributed by atoms with Gasteiger partial charge in [-0.05, 0) is 46.1 Å². The van der Waals surface area contributed by atoms with Crippen molar-refractivity contribution in [3.63, 3.8) is 0 Å². The van der Waals surface area contributed by atoms with Crippen molar-refractivity contribution in [3.05, 3.63) is 17.5 Å². The molecule has 1 saturated carbocycles. The number of hydrogen-bond donors (Lipinski definition) is 2. The zero-order chi connectivity index (χ0) is 20.1. The SMILES string of the molecule is CC(CNC(=O)O)N(C)Cc1cn(C2CCCCO2)nc1C1CCC(=O)CC1. The summed E-state index contributed by atoms with van der Waals surface area (Å²) in [6, 6.07) is 0.0613. The van der Waals surface area contributed by atoms with Crippen LogP contribution in [0.2, 0.25) is 0 Å². The molecule has 0 spiro atoms. The monoisotopic (exact) mass is 392 g/mol. The fourth-order valence-corrected chi connectivity index (χ4v) is 4.02. The first-order valence-corrected chi connectivity index (χ1v) is 10.3. The molecule has 0 radical (unpaired) electrons. The molecule has 1 aromatic heterocycles. The van der Waals surface area contributed by atoms with E-state index in [0.717, 1.165) is 50.0 Å². The Hall–Kier alpha value is -1.93. The van der Waals surface area contributed by atoms with Gasteiger partial charge < -0.3 is 15.2 Å². The Bertz CT molecular complexity index is 674. The highest BCUT2D eigenvalue weighted by Gasteiger charge is 2.28. The highest BCUT2D eigenvalue weighted by atomic mass is 16.5. The molecule has 156 valence electrons. The Balaban J connectivity index is 1.75. The van der Waals surface area contributed by atoms with Crippen LogP contribution in [0.15, 0.2) is 6.20 Å². The van der Waals surface area contributed by atoms with Crippen molar-refractivity contribution in [2.45, 2.75) is 76.6 Å². The molecule has 8 heteroatoms. The fraction of sp³-hybridized carbons (Fsp3) is 0.750. The molecule has 8 nitrogen and oxygen atoms in total. The molecule has 0 bridgehead atoms. The van der Waals surface area contributed by atoms with E-state index in [-0.39, 0.29) is 12.3 Å². The molecule has 1 amide bonds. The number of ether oxygens (including phenoxy) is 1. The van der Waals surface area contributed by atoms with E-state index in [1.165, 1.54) is 0 Å². The van der Waals surface area contributed by atoms with Gasteiger partial charge in [-0.1, -0.05) is 0 Å². The Kier molecular flexibility index (Phi) is 7.07. The van der Waals surface area contributed by atoms with Crippen LogP contribution in [0.1, 0.15) is 75.3 Å². The Morgan fingerprint density at radius 1 is 1.39 bits per heavy atom. The minimum absolute atomic E-state index is 0.0112. The number of amides is 1. The Morgan fingerprint density at radius 3 is 2.79 bits per heavy atom. The molecular formula is C20H32N4O4. The van der Waals surface area contributed by atoms with Crippen LogP contribution >= 0.6 is 0 Å². The number of carboxylic acid groups (broad SMARTS) is 1. The molecule has 1 aliphatic heterocycles. The zero-order valence-electron chi connectivity index (χ0n) is 16.9. The second-order valence-electron chi connectivity index (χ2n) is 8.10. The number of rotatable bonds is 7. The van der Waals surface area contributed by atoms with Gasteiger partial charge in [0.25, 0.3) is 0 Å². The highest BCUT2D eigenvalue weighted by Crippen LogP contribution is 2.34. The molecular weight excluding hydrogens is 360 g/mol. The van der Waals surface area contributed by atoms with Gasteiger partial charge in [0.2, 0.25) is 0 Å². The van der Waals surface area contributed by atoms with Crippen molar-refractivity contribution >= 4 is 11.9 Å². The minimum Gasteiger partial charge on any atom is -0.465 e. The first kappa shape index (κ1) is 20.8. The average molecular weight is 393 g/mol. The lowest BCUT2D eigenvalue weighted by Gasteiger charge is -2.26. The van der Waals surface area contributed by atoms with Gasteiger partial charge in [-0.2, -0.15) is 5.10 Å². The van der Waals surface area contributed by atoms with Gasteiger partial charge in [-0.3, -0.25) is 9.69 Å². The first-order chi connectivity index (χ1) is 13.4. The number of carbonyl (C=O) groups is 2. The molecule has 0 aromatic carbocycles. The summed E-state index contributed by atoms with van der Waals surface area (Å²) in [7, 11) is 2.00. The lowest BCUT2D eigenvalue weighted by molar-refractivity contribution is -0.120. The van der Waals surface area contributed by atoms with Gasteiger partial charge in [0.05, 0.1) is 5.69 Å². The summed E-state index contributed by atoms with van der Waals surface area (Å²) in [4.78, 5) is 24.6. The number of nitrogens with zero attached hydrogens (tertiary/aromatic N) is 3. The third-order valence-electron chi connectivity index (χ3n) is 5.94. The molecule has 1 aromatic rings. The van der Waals surface area contributed by atoms with Crippen molar-refractivity contribution in [2.24, 2.45) is 0 Å². The molecule has 28 heavy (non-hydrogen) atoms. The molecule has 2 heterocycles. The quantitative estimate of drug-likeness (QED) is 0.741. The number of likely N-dealkylation sites (N-methyl/N-ethyl adjacent to an activating group) is 1. The van der Waals surface area contributed by atoms with E-state index in [0.29, 0.717) is 37.6 Å².